The number of esters is 2. The van der Waals surface area contributed by atoms with Gasteiger partial charge in [0.15, 0.2) is 6.10 Å². The highest BCUT2D eigenvalue weighted by Gasteiger charge is 2.22. The predicted molar refractivity (Wildman–Crippen MR) is 337 cm³/mol. The minimum absolute atomic E-state index is 0.0286. The second-order valence-corrected chi connectivity index (χ2v) is 26.0. The summed E-state index contributed by atoms with van der Waals surface area (Å²) in [5.74, 6) is -0.814. The first-order chi connectivity index (χ1) is 38.5. The molecule has 0 aromatic rings. The molecule has 0 amide bonds. The Hall–Kier alpha value is -1.77. The lowest BCUT2D eigenvalue weighted by atomic mass is 10.0. The largest absolute Gasteiger partial charge is 0.756 e. The molecular weight excluding hydrogens is 1000 g/mol. The Morgan fingerprint density at radius 1 is 0.392 bits per heavy atom. The number of hydrogen-bond acceptors (Lipinski definition) is 8. The fourth-order valence-corrected chi connectivity index (χ4v) is 10.9. The third kappa shape index (κ3) is 65.3. The maximum atomic E-state index is 12.9. The zero-order chi connectivity index (χ0) is 57.7. The number of nitrogens with zero attached hydrogens (tertiary/aromatic N) is 1. The van der Waals surface area contributed by atoms with E-state index in [0.717, 1.165) is 51.4 Å². The van der Waals surface area contributed by atoms with E-state index in [1.54, 1.807) is 0 Å². The molecule has 0 heterocycles. The van der Waals surface area contributed by atoms with Gasteiger partial charge < -0.3 is 27.9 Å². The van der Waals surface area contributed by atoms with Crippen molar-refractivity contribution >= 4 is 19.8 Å². The van der Waals surface area contributed by atoms with Crippen LogP contribution in [0.3, 0.4) is 0 Å². The molecule has 466 valence electrons. The van der Waals surface area contributed by atoms with Gasteiger partial charge in [-0.2, -0.15) is 0 Å². The lowest BCUT2D eigenvalue weighted by Gasteiger charge is -2.28. The van der Waals surface area contributed by atoms with Gasteiger partial charge in [-0.15, -0.1) is 0 Å². The first-order valence-corrected chi connectivity index (χ1v) is 35.7. The summed E-state index contributed by atoms with van der Waals surface area (Å²) in [7, 11) is 1.18. The molecule has 2 unspecified atom stereocenters. The van der Waals surface area contributed by atoms with Crippen LogP contribution in [0, 0.1) is 0 Å². The quantitative estimate of drug-likeness (QED) is 0.0195. The average Bonchev–Trinajstić information content (AvgIpc) is 3.41. The summed E-state index contributed by atoms with van der Waals surface area (Å²) in [5.41, 5.74) is 0. The Kier molecular flexibility index (Phi) is 59.4. The van der Waals surface area contributed by atoms with Gasteiger partial charge in [0.2, 0.25) is 0 Å². The number of phosphoric acid groups is 1. The summed E-state index contributed by atoms with van der Waals surface area (Å²) in [6.45, 7) is 4.29. The second kappa shape index (κ2) is 60.8. The summed E-state index contributed by atoms with van der Waals surface area (Å²) in [6, 6.07) is 0. The minimum Gasteiger partial charge on any atom is -0.756 e. The van der Waals surface area contributed by atoms with Gasteiger partial charge >= 0.3 is 11.9 Å². The van der Waals surface area contributed by atoms with Gasteiger partial charge in [-0.05, 0) is 51.4 Å². The van der Waals surface area contributed by atoms with Crippen LogP contribution < -0.4 is 4.89 Å². The standard InChI is InChI=1S/C69H132NO8P/c1-6-8-10-12-14-16-18-20-22-24-26-28-30-32-34-35-36-38-40-42-44-46-48-50-52-54-56-58-60-62-69(72)78-67(66-77-79(73,74)76-64-63-70(3,4)5)65-75-68(71)61-59-57-55-53-51-49-47-45-43-41-39-37-33-31-29-27-25-23-21-19-17-15-13-11-9-7-2/h18,20,24,26,30,32,67H,6-17,19,21-23,25,27-29,31,33-66H2,1-5H3/b20-18-,26-24-,32-30-. The van der Waals surface area contributed by atoms with E-state index in [0.29, 0.717) is 17.4 Å². The third-order valence-corrected chi connectivity index (χ3v) is 16.4. The fraction of sp³-hybridized carbons (Fsp3) is 0.884. The van der Waals surface area contributed by atoms with Gasteiger partial charge in [-0.25, -0.2) is 0 Å². The molecule has 0 aliphatic carbocycles. The summed E-state index contributed by atoms with van der Waals surface area (Å²) in [4.78, 5) is 38.0. The molecule has 0 spiro atoms. The predicted octanol–water partition coefficient (Wildman–Crippen LogP) is 21.3. The Morgan fingerprint density at radius 2 is 0.684 bits per heavy atom. The van der Waals surface area contributed by atoms with Crippen LogP contribution in [0.25, 0.3) is 0 Å². The maximum absolute atomic E-state index is 12.9. The highest BCUT2D eigenvalue weighted by molar-refractivity contribution is 7.45. The number of allylic oxidation sites excluding steroid dienone is 6. The lowest BCUT2D eigenvalue weighted by Crippen LogP contribution is -2.37. The highest BCUT2D eigenvalue weighted by Crippen LogP contribution is 2.38. The Bertz CT molecular complexity index is 1430. The molecule has 0 saturated heterocycles. The van der Waals surface area contributed by atoms with Crippen LogP contribution in [0.1, 0.15) is 341 Å². The van der Waals surface area contributed by atoms with Crippen molar-refractivity contribution in [3.05, 3.63) is 36.5 Å². The van der Waals surface area contributed by atoms with Gasteiger partial charge in [0.05, 0.1) is 27.7 Å². The lowest BCUT2D eigenvalue weighted by molar-refractivity contribution is -0.870. The molecule has 0 radical (unpaired) electrons. The molecule has 0 aliphatic rings. The highest BCUT2D eigenvalue weighted by atomic mass is 31.2. The number of quaternary nitrogens is 1. The van der Waals surface area contributed by atoms with Gasteiger partial charge in [-0.1, -0.05) is 314 Å². The number of rotatable bonds is 64. The molecule has 10 heteroatoms. The SMILES string of the molecule is CCCCCCC/C=C\C/C=C\C/C=C\CCCCCCCCCCCCCCCCC(=O)OC(COC(=O)CCCCCCCCCCCCCCCCCCCCCCCCCCCC)COP(=O)([O-])OCC[N+](C)(C)C. The first-order valence-electron chi connectivity index (χ1n) is 34.2. The van der Waals surface area contributed by atoms with Crippen molar-refractivity contribution in [1.82, 2.24) is 0 Å². The van der Waals surface area contributed by atoms with Gasteiger partial charge in [0, 0.05) is 12.8 Å². The molecule has 0 rings (SSSR count). The Labute approximate surface area is 491 Å². The van der Waals surface area contributed by atoms with E-state index < -0.39 is 26.5 Å². The van der Waals surface area contributed by atoms with Crippen molar-refractivity contribution in [3.63, 3.8) is 0 Å². The smallest absolute Gasteiger partial charge is 0.306 e. The molecule has 0 aliphatic heterocycles. The number of ether oxygens (including phenoxy) is 2. The number of carbonyl (C=O) groups excluding carboxylic acids is 2. The topological polar surface area (TPSA) is 111 Å². The van der Waals surface area contributed by atoms with E-state index in [2.05, 4.69) is 50.3 Å². The van der Waals surface area contributed by atoms with Crippen LogP contribution >= 0.6 is 7.82 Å². The van der Waals surface area contributed by atoms with Crippen molar-refractivity contribution in [2.24, 2.45) is 0 Å². The van der Waals surface area contributed by atoms with E-state index in [4.69, 9.17) is 18.5 Å². The molecule has 0 bridgehead atoms. The van der Waals surface area contributed by atoms with Gasteiger partial charge in [0.1, 0.15) is 19.8 Å². The van der Waals surface area contributed by atoms with E-state index >= 15 is 0 Å². The van der Waals surface area contributed by atoms with Crippen LogP contribution in [-0.4, -0.2) is 70.0 Å². The number of carbonyl (C=O) groups is 2. The van der Waals surface area contributed by atoms with E-state index in [1.807, 2.05) is 21.1 Å². The number of unbranched alkanes of at least 4 members (excludes halogenated alkanes) is 44. The Balaban J connectivity index is 4.03. The van der Waals surface area contributed by atoms with Crippen LogP contribution in [0.4, 0.5) is 0 Å². The molecule has 2 atom stereocenters. The van der Waals surface area contributed by atoms with Gasteiger partial charge in [0.25, 0.3) is 7.82 Å². The van der Waals surface area contributed by atoms with Crippen molar-refractivity contribution in [3.8, 4) is 0 Å². The van der Waals surface area contributed by atoms with Crippen LogP contribution in [-0.2, 0) is 32.7 Å². The van der Waals surface area contributed by atoms with Crippen molar-refractivity contribution in [2.75, 3.05) is 47.5 Å². The monoisotopic (exact) mass is 1130 g/mol. The first kappa shape index (κ1) is 77.2. The van der Waals surface area contributed by atoms with Crippen molar-refractivity contribution in [1.29, 1.82) is 0 Å². The maximum Gasteiger partial charge on any atom is 0.306 e. The van der Waals surface area contributed by atoms with Crippen LogP contribution in [0.5, 0.6) is 0 Å². The minimum atomic E-state index is -4.64. The average molecular weight is 1130 g/mol. The van der Waals surface area contributed by atoms with Crippen LogP contribution in [0.15, 0.2) is 36.5 Å². The second-order valence-electron chi connectivity index (χ2n) is 24.6. The third-order valence-electron chi connectivity index (χ3n) is 15.4. The summed E-state index contributed by atoms with van der Waals surface area (Å²) in [5, 5.41) is 0. The molecule has 0 aromatic carbocycles. The molecule has 0 fully saturated rings. The van der Waals surface area contributed by atoms with Gasteiger partial charge in [-0.3, -0.25) is 14.2 Å². The zero-order valence-electron chi connectivity index (χ0n) is 53.1. The molecule has 79 heavy (non-hydrogen) atoms. The normalized spacial score (nSPS) is 13.3. The summed E-state index contributed by atoms with van der Waals surface area (Å²) in [6.07, 6.45) is 76.5. The molecule has 0 N–H and O–H groups in total. The van der Waals surface area contributed by atoms with Crippen LogP contribution in [0.2, 0.25) is 0 Å². The fourth-order valence-electron chi connectivity index (χ4n) is 10.1. The zero-order valence-corrected chi connectivity index (χ0v) is 54.0. The molecule has 0 saturated carbocycles. The van der Waals surface area contributed by atoms with Crippen molar-refractivity contribution in [2.45, 2.75) is 347 Å². The Morgan fingerprint density at radius 3 is 1.01 bits per heavy atom. The summed E-state index contributed by atoms with van der Waals surface area (Å²) >= 11 is 0. The van der Waals surface area contributed by atoms with E-state index in [-0.39, 0.29) is 32.0 Å². The van der Waals surface area contributed by atoms with Crippen molar-refractivity contribution < 1.29 is 42.1 Å². The number of hydrogen-bond donors (Lipinski definition) is 0. The van der Waals surface area contributed by atoms with E-state index in [9.17, 15) is 19.0 Å². The summed E-state index contributed by atoms with van der Waals surface area (Å²) < 4.78 is 34.3. The number of phosphoric ester groups is 1. The molecular formula is C69H132NO8P. The molecule has 9 nitrogen and oxygen atoms in total. The van der Waals surface area contributed by atoms with E-state index in [1.165, 1.54) is 257 Å². The number of likely N-dealkylation sites (N-methyl/N-ethyl adjacent to an activating group) is 1. The molecule has 0 aromatic heterocycles.